The number of nitrogens with one attached hydrogen (secondary N) is 1. The molecule has 1 spiro atoms. The normalized spacial score (nSPS) is 19.7. The number of piperidine rings is 1. The summed E-state index contributed by atoms with van der Waals surface area (Å²) in [4.78, 5) is 26.5. The molecule has 2 fully saturated rings. The lowest BCUT2D eigenvalue weighted by Gasteiger charge is -2.38. The molecule has 0 bridgehead atoms. The van der Waals surface area contributed by atoms with Gasteiger partial charge in [-0.25, -0.2) is 9.18 Å². The Morgan fingerprint density at radius 2 is 1.65 bits per heavy atom. The quantitative estimate of drug-likeness (QED) is 0.403. The number of fused-ring (bicyclic) bond motifs is 2. The van der Waals surface area contributed by atoms with Crippen molar-refractivity contribution in [1.82, 2.24) is 10.2 Å². The van der Waals surface area contributed by atoms with Crippen LogP contribution in [0.1, 0.15) is 62.0 Å². The third kappa shape index (κ3) is 5.38. The summed E-state index contributed by atoms with van der Waals surface area (Å²) in [5.74, 6) is 0.369. The number of carboxylic acid groups (broad SMARTS) is 1. The van der Waals surface area contributed by atoms with Gasteiger partial charge in [-0.3, -0.25) is 4.79 Å². The first-order valence-corrected chi connectivity index (χ1v) is 14.7. The largest absolute Gasteiger partial charge is 0.497 e. The van der Waals surface area contributed by atoms with E-state index >= 15 is 0 Å². The zero-order valence-electron chi connectivity index (χ0n) is 24.9. The highest BCUT2D eigenvalue weighted by Crippen LogP contribution is 2.46. The maximum atomic E-state index is 14.9. The fraction of sp³-hybridized carbons (Fsp3) is 0.394. The number of hydrogen-bond acceptors (Lipinski definition) is 5. The predicted molar refractivity (Wildman–Crippen MR) is 161 cm³/mol. The van der Waals surface area contributed by atoms with Gasteiger partial charge in [0.25, 0.3) is 5.91 Å². The van der Waals surface area contributed by atoms with Crippen LogP contribution >= 0.6 is 0 Å². The second-order valence-electron chi connectivity index (χ2n) is 12.8. The first kappa shape index (κ1) is 29.2. The molecular weight excluding hydrogens is 550 g/mol. The van der Waals surface area contributed by atoms with Crippen LogP contribution in [0.5, 0.6) is 5.75 Å². The Hall–Kier alpha value is -3.89. The van der Waals surface area contributed by atoms with Gasteiger partial charge in [-0.1, -0.05) is 30.3 Å². The summed E-state index contributed by atoms with van der Waals surface area (Å²) < 4.78 is 33.1. The van der Waals surface area contributed by atoms with Crippen LogP contribution in [0.25, 0.3) is 11.1 Å². The third-order valence-electron chi connectivity index (χ3n) is 9.52. The van der Waals surface area contributed by atoms with Gasteiger partial charge in [0.2, 0.25) is 0 Å². The van der Waals surface area contributed by atoms with Crippen LogP contribution in [0, 0.1) is 5.82 Å². The third-order valence-corrected chi connectivity index (χ3v) is 9.52. The van der Waals surface area contributed by atoms with Crippen molar-refractivity contribution in [2.24, 2.45) is 0 Å². The van der Waals surface area contributed by atoms with E-state index in [2.05, 4.69) is 5.32 Å². The SMILES string of the molecule is CC1(C)OB(c2cc(-c3cccc(C(=O)N4CCC5(CC4)COc4ccc(CNC(=O)O)cc45)c3)ccc2F)OC1(C)C. The first-order valence-electron chi connectivity index (χ1n) is 14.7. The van der Waals surface area contributed by atoms with E-state index in [0.29, 0.717) is 30.7 Å². The number of benzene rings is 3. The number of carbonyl (C=O) groups excluding carboxylic acids is 1. The average molecular weight is 586 g/mol. The molecule has 3 heterocycles. The highest BCUT2D eigenvalue weighted by molar-refractivity contribution is 6.62. The van der Waals surface area contributed by atoms with Crippen molar-refractivity contribution in [3.63, 3.8) is 0 Å². The monoisotopic (exact) mass is 586 g/mol. The van der Waals surface area contributed by atoms with Crippen molar-refractivity contribution < 1.29 is 33.1 Å². The van der Waals surface area contributed by atoms with Gasteiger partial charge < -0.3 is 29.4 Å². The molecule has 2 saturated heterocycles. The van der Waals surface area contributed by atoms with E-state index in [-0.39, 0.29) is 17.9 Å². The summed E-state index contributed by atoms with van der Waals surface area (Å²) in [7, 11) is -0.829. The van der Waals surface area contributed by atoms with Gasteiger partial charge in [0.1, 0.15) is 11.6 Å². The second-order valence-corrected chi connectivity index (χ2v) is 12.8. The van der Waals surface area contributed by atoms with Gasteiger partial charge in [-0.2, -0.15) is 0 Å². The number of likely N-dealkylation sites (tertiary alicyclic amines) is 1. The van der Waals surface area contributed by atoms with E-state index in [4.69, 9.17) is 19.2 Å². The fourth-order valence-electron chi connectivity index (χ4n) is 6.14. The van der Waals surface area contributed by atoms with E-state index in [1.165, 1.54) is 6.07 Å². The van der Waals surface area contributed by atoms with Crippen LogP contribution in [0.2, 0.25) is 0 Å². The lowest BCUT2D eigenvalue weighted by Crippen LogP contribution is -2.46. The number of hydrogen-bond donors (Lipinski definition) is 2. The molecule has 0 aliphatic carbocycles. The first-order chi connectivity index (χ1) is 20.4. The minimum absolute atomic E-state index is 0.0523. The molecule has 8 nitrogen and oxygen atoms in total. The van der Waals surface area contributed by atoms with E-state index in [1.807, 2.05) is 75.1 Å². The predicted octanol–water partition coefficient (Wildman–Crippen LogP) is 5.13. The van der Waals surface area contributed by atoms with Gasteiger partial charge in [-0.15, -0.1) is 0 Å². The average Bonchev–Trinajstić information content (AvgIpc) is 3.43. The van der Waals surface area contributed by atoms with Crippen LogP contribution in [-0.4, -0.2) is 60.0 Å². The van der Waals surface area contributed by atoms with Gasteiger partial charge in [0.05, 0.1) is 17.8 Å². The van der Waals surface area contributed by atoms with Crippen molar-refractivity contribution in [2.75, 3.05) is 19.7 Å². The molecule has 6 rings (SSSR count). The highest BCUT2D eigenvalue weighted by Gasteiger charge is 2.52. The Morgan fingerprint density at radius 1 is 0.953 bits per heavy atom. The molecular formula is C33H36BFN2O6. The van der Waals surface area contributed by atoms with Crippen molar-refractivity contribution in [3.05, 3.63) is 83.2 Å². The smallest absolute Gasteiger partial charge is 0.492 e. The maximum Gasteiger partial charge on any atom is 0.497 e. The van der Waals surface area contributed by atoms with Gasteiger partial charge in [0.15, 0.2) is 0 Å². The van der Waals surface area contributed by atoms with Crippen LogP contribution in [0.4, 0.5) is 9.18 Å². The number of rotatable bonds is 5. The molecule has 2 N–H and O–H groups in total. The summed E-state index contributed by atoms with van der Waals surface area (Å²) in [6.07, 6.45) is 0.431. The van der Waals surface area contributed by atoms with Crippen molar-refractivity contribution in [3.8, 4) is 16.9 Å². The molecule has 0 atom stereocenters. The molecule has 3 aliphatic rings. The van der Waals surface area contributed by atoms with Gasteiger partial charge >= 0.3 is 13.2 Å². The Balaban J connectivity index is 1.17. The number of halogens is 1. The molecule has 43 heavy (non-hydrogen) atoms. The van der Waals surface area contributed by atoms with E-state index in [0.717, 1.165) is 40.8 Å². The van der Waals surface area contributed by atoms with Crippen molar-refractivity contribution in [2.45, 2.75) is 63.7 Å². The summed E-state index contributed by atoms with van der Waals surface area (Å²) in [5, 5.41) is 11.4. The molecule has 0 unspecified atom stereocenters. The van der Waals surface area contributed by atoms with Crippen LogP contribution < -0.4 is 15.5 Å². The summed E-state index contributed by atoms with van der Waals surface area (Å²) in [6.45, 7) is 9.66. The van der Waals surface area contributed by atoms with Crippen molar-refractivity contribution in [1.29, 1.82) is 0 Å². The van der Waals surface area contributed by atoms with Crippen LogP contribution in [0.15, 0.2) is 60.7 Å². The van der Waals surface area contributed by atoms with Gasteiger partial charge in [-0.05, 0) is 87.6 Å². The molecule has 0 aromatic heterocycles. The standard InChI is InChI=1S/C33H36BFN2O6/c1-31(2)32(3,4)43-34(42-31)26-18-23(9-10-27(26)35)22-6-5-7-24(17-22)29(38)37-14-12-33(13-15-37)20-41-28-11-8-21(16-25(28)33)19-36-30(39)40/h5-11,16-18,36H,12-15,19-20H2,1-4H3,(H,39,40). The van der Waals surface area contributed by atoms with Crippen LogP contribution in [-0.2, 0) is 21.3 Å². The van der Waals surface area contributed by atoms with E-state index < -0.39 is 30.2 Å². The zero-order chi connectivity index (χ0) is 30.6. The number of amides is 2. The lowest BCUT2D eigenvalue weighted by molar-refractivity contribution is 0.00578. The van der Waals surface area contributed by atoms with Crippen LogP contribution in [0.3, 0.4) is 0 Å². The van der Waals surface area contributed by atoms with Gasteiger partial charge in [0, 0.05) is 41.6 Å². The fourth-order valence-corrected chi connectivity index (χ4v) is 6.14. The van der Waals surface area contributed by atoms with E-state index in [9.17, 15) is 14.0 Å². The molecule has 10 heteroatoms. The minimum Gasteiger partial charge on any atom is -0.492 e. The highest BCUT2D eigenvalue weighted by atomic mass is 19.1. The molecule has 3 aromatic rings. The number of nitrogens with zero attached hydrogens (tertiary/aromatic N) is 1. The molecule has 3 aliphatic heterocycles. The topological polar surface area (TPSA) is 97.3 Å². The number of carbonyl (C=O) groups is 2. The second kappa shape index (κ2) is 10.7. The lowest BCUT2D eigenvalue weighted by atomic mass is 9.74. The minimum atomic E-state index is -1.06. The summed E-state index contributed by atoms with van der Waals surface area (Å²) in [5.41, 5.74) is 3.05. The molecule has 0 radical (unpaired) electrons. The Morgan fingerprint density at radius 3 is 2.35 bits per heavy atom. The maximum absolute atomic E-state index is 14.9. The molecule has 3 aromatic carbocycles. The Kier molecular flexibility index (Phi) is 7.25. The Labute approximate surface area is 251 Å². The molecule has 2 amide bonds. The summed E-state index contributed by atoms with van der Waals surface area (Å²) in [6, 6.07) is 18.1. The summed E-state index contributed by atoms with van der Waals surface area (Å²) >= 11 is 0. The Bertz CT molecular complexity index is 1570. The van der Waals surface area contributed by atoms with Crippen molar-refractivity contribution >= 4 is 24.6 Å². The number of ether oxygens (including phenoxy) is 1. The zero-order valence-corrected chi connectivity index (χ0v) is 24.9. The molecule has 224 valence electrons. The van der Waals surface area contributed by atoms with E-state index in [1.54, 1.807) is 12.1 Å². The molecule has 0 saturated carbocycles.